The van der Waals surface area contributed by atoms with Crippen molar-refractivity contribution in [3.8, 4) is 5.75 Å². The van der Waals surface area contributed by atoms with Gasteiger partial charge in [0.15, 0.2) is 0 Å². The van der Waals surface area contributed by atoms with Gasteiger partial charge in [-0.05, 0) is 49.6 Å². The van der Waals surface area contributed by atoms with E-state index in [1.54, 1.807) is 0 Å². The number of aliphatic hydroxyl groups is 1. The summed E-state index contributed by atoms with van der Waals surface area (Å²) in [6.07, 6.45) is 0.0801. The highest BCUT2D eigenvalue weighted by Gasteiger charge is 2.16. The molecule has 0 fully saturated rings. The molecule has 31 heavy (non-hydrogen) atoms. The van der Waals surface area contributed by atoms with Crippen LogP contribution >= 0.6 is 12.4 Å². The van der Waals surface area contributed by atoms with Crippen molar-refractivity contribution in [1.29, 1.82) is 0 Å². The summed E-state index contributed by atoms with van der Waals surface area (Å²) < 4.78 is 8.14. The summed E-state index contributed by atoms with van der Waals surface area (Å²) >= 11 is 0. The van der Waals surface area contributed by atoms with Gasteiger partial charge < -0.3 is 14.4 Å². The van der Waals surface area contributed by atoms with Crippen molar-refractivity contribution in [2.24, 2.45) is 0 Å². The van der Waals surface area contributed by atoms with Crippen LogP contribution in [0.15, 0.2) is 66.7 Å². The molecular formula is C26H29ClN2O2. The Kier molecular flexibility index (Phi) is 7.37. The molecule has 4 rings (SSSR count). The Labute approximate surface area is 189 Å². The third-order valence-corrected chi connectivity index (χ3v) is 5.36. The van der Waals surface area contributed by atoms with E-state index in [0.717, 1.165) is 40.2 Å². The minimum atomic E-state index is -0.641. The molecule has 0 aliphatic heterocycles. The lowest BCUT2D eigenvalue weighted by Gasteiger charge is -2.18. The Morgan fingerprint density at radius 2 is 1.58 bits per heavy atom. The minimum absolute atomic E-state index is 0. The molecule has 4 aromatic rings. The number of nitrogens with zero attached hydrogens (tertiary/aromatic N) is 2. The molecule has 0 aliphatic rings. The third kappa shape index (κ3) is 5.27. The number of aliphatic hydroxyl groups excluding tert-OH is 1. The van der Waals surface area contributed by atoms with Crippen LogP contribution in [0, 0.1) is 20.8 Å². The first-order valence-corrected chi connectivity index (χ1v) is 10.4. The van der Waals surface area contributed by atoms with Crippen molar-refractivity contribution in [3.05, 3.63) is 94.8 Å². The number of aromatic nitrogens is 2. The van der Waals surface area contributed by atoms with Crippen LogP contribution < -0.4 is 4.74 Å². The van der Waals surface area contributed by atoms with Gasteiger partial charge in [-0.3, -0.25) is 0 Å². The summed E-state index contributed by atoms with van der Waals surface area (Å²) in [5.41, 5.74) is 6.58. The predicted octanol–water partition coefficient (Wildman–Crippen LogP) is 5.41. The van der Waals surface area contributed by atoms with Crippen LogP contribution in [0.1, 0.15) is 28.1 Å². The van der Waals surface area contributed by atoms with E-state index in [-0.39, 0.29) is 19.0 Å². The fourth-order valence-corrected chi connectivity index (χ4v) is 4.08. The molecule has 0 amide bonds. The lowest BCUT2D eigenvalue weighted by atomic mass is 10.1. The first-order chi connectivity index (χ1) is 14.5. The molecule has 1 aromatic heterocycles. The number of hydrogen-bond acceptors (Lipinski definition) is 3. The normalized spacial score (nSPS) is 11.9. The molecule has 3 aromatic carbocycles. The van der Waals surface area contributed by atoms with Gasteiger partial charge >= 0.3 is 0 Å². The molecule has 1 unspecified atom stereocenters. The van der Waals surface area contributed by atoms with Crippen molar-refractivity contribution < 1.29 is 9.84 Å². The van der Waals surface area contributed by atoms with E-state index in [4.69, 9.17) is 9.72 Å². The number of ether oxygens (including phenoxy) is 1. The molecule has 0 aliphatic carbocycles. The van der Waals surface area contributed by atoms with Crippen LogP contribution in [-0.4, -0.2) is 27.4 Å². The fraction of sp³-hybridized carbons (Fsp3) is 0.269. The monoisotopic (exact) mass is 436 g/mol. The Hall–Kier alpha value is -2.82. The molecule has 0 spiro atoms. The zero-order chi connectivity index (χ0) is 21.1. The molecule has 162 valence electrons. The van der Waals surface area contributed by atoms with E-state index in [1.165, 1.54) is 11.1 Å². The summed E-state index contributed by atoms with van der Waals surface area (Å²) in [6.45, 7) is 6.85. The largest absolute Gasteiger partial charge is 0.490 e. The van der Waals surface area contributed by atoms with Crippen LogP contribution in [0.4, 0.5) is 0 Å². The molecule has 5 heteroatoms. The van der Waals surface area contributed by atoms with Crippen molar-refractivity contribution in [2.75, 3.05) is 6.61 Å². The summed E-state index contributed by atoms with van der Waals surface area (Å²) in [5.74, 6) is 1.81. The van der Waals surface area contributed by atoms with Gasteiger partial charge in [-0.2, -0.15) is 0 Å². The van der Waals surface area contributed by atoms with E-state index in [1.807, 2.05) is 50.2 Å². The SMILES string of the molecule is Cc1cc(C)c(OCC(O)Cn2c(Cc3ccccc3)nc3ccccc32)c(C)c1.Cl. The molecular weight excluding hydrogens is 408 g/mol. The zero-order valence-electron chi connectivity index (χ0n) is 18.2. The van der Waals surface area contributed by atoms with Gasteiger partial charge in [-0.25, -0.2) is 4.98 Å². The zero-order valence-corrected chi connectivity index (χ0v) is 19.0. The summed E-state index contributed by atoms with van der Waals surface area (Å²) in [5, 5.41) is 10.8. The van der Waals surface area contributed by atoms with Gasteiger partial charge in [0.1, 0.15) is 24.3 Å². The Bertz CT molecular complexity index is 1130. The second-order valence-corrected chi connectivity index (χ2v) is 7.98. The average molecular weight is 437 g/mol. The average Bonchev–Trinajstić information content (AvgIpc) is 3.05. The van der Waals surface area contributed by atoms with E-state index >= 15 is 0 Å². The lowest BCUT2D eigenvalue weighted by Crippen LogP contribution is -2.25. The number of halogens is 1. The van der Waals surface area contributed by atoms with E-state index < -0.39 is 6.10 Å². The number of para-hydroxylation sites is 2. The predicted molar refractivity (Wildman–Crippen MR) is 128 cm³/mol. The summed E-state index contributed by atoms with van der Waals surface area (Å²) in [7, 11) is 0. The molecule has 0 saturated heterocycles. The van der Waals surface area contributed by atoms with E-state index in [9.17, 15) is 5.11 Å². The molecule has 0 radical (unpaired) electrons. The first-order valence-electron chi connectivity index (χ1n) is 10.4. The van der Waals surface area contributed by atoms with Crippen molar-refractivity contribution in [3.63, 3.8) is 0 Å². The van der Waals surface area contributed by atoms with E-state index in [2.05, 4.69) is 41.8 Å². The molecule has 4 nitrogen and oxygen atoms in total. The fourth-order valence-electron chi connectivity index (χ4n) is 4.08. The van der Waals surface area contributed by atoms with Gasteiger partial charge in [0.2, 0.25) is 0 Å². The smallest absolute Gasteiger partial charge is 0.125 e. The highest BCUT2D eigenvalue weighted by molar-refractivity contribution is 5.85. The van der Waals surface area contributed by atoms with Gasteiger partial charge in [0.25, 0.3) is 0 Å². The van der Waals surface area contributed by atoms with Gasteiger partial charge in [0, 0.05) is 6.42 Å². The quantitative estimate of drug-likeness (QED) is 0.421. The molecule has 1 heterocycles. The maximum Gasteiger partial charge on any atom is 0.125 e. The molecule has 0 saturated carbocycles. The number of aryl methyl sites for hydroxylation is 3. The van der Waals surface area contributed by atoms with Crippen molar-refractivity contribution in [2.45, 2.75) is 39.8 Å². The lowest BCUT2D eigenvalue weighted by molar-refractivity contribution is 0.0921. The first kappa shape index (κ1) is 22.9. The molecule has 1 atom stereocenters. The number of rotatable bonds is 7. The van der Waals surface area contributed by atoms with Crippen LogP contribution in [-0.2, 0) is 13.0 Å². The Morgan fingerprint density at radius 3 is 2.29 bits per heavy atom. The highest BCUT2D eigenvalue weighted by Crippen LogP contribution is 2.25. The Balaban J connectivity index is 0.00000272. The highest BCUT2D eigenvalue weighted by atomic mass is 35.5. The van der Waals surface area contributed by atoms with Gasteiger partial charge in [0.05, 0.1) is 17.6 Å². The van der Waals surface area contributed by atoms with Gasteiger partial charge in [-0.1, -0.05) is 60.2 Å². The number of imidazole rings is 1. The minimum Gasteiger partial charge on any atom is -0.490 e. The summed E-state index contributed by atoms with van der Waals surface area (Å²) in [4.78, 5) is 4.83. The topological polar surface area (TPSA) is 47.3 Å². The van der Waals surface area contributed by atoms with Crippen molar-refractivity contribution in [1.82, 2.24) is 9.55 Å². The van der Waals surface area contributed by atoms with Gasteiger partial charge in [-0.15, -0.1) is 12.4 Å². The third-order valence-electron chi connectivity index (χ3n) is 5.36. The molecule has 0 bridgehead atoms. The second-order valence-electron chi connectivity index (χ2n) is 7.98. The Morgan fingerprint density at radius 1 is 0.935 bits per heavy atom. The van der Waals surface area contributed by atoms with Crippen LogP contribution in [0.25, 0.3) is 11.0 Å². The second kappa shape index (κ2) is 9.99. The number of benzene rings is 3. The standard InChI is InChI=1S/C26H28N2O2.ClH/c1-18-13-19(2)26(20(3)14-18)30-17-22(29)16-28-24-12-8-7-11-23(24)27-25(28)15-21-9-5-4-6-10-21;/h4-14,22,29H,15-17H2,1-3H3;1H. The maximum atomic E-state index is 10.8. The molecule has 1 N–H and O–H groups in total. The van der Waals surface area contributed by atoms with Crippen molar-refractivity contribution >= 4 is 23.4 Å². The number of fused-ring (bicyclic) bond motifs is 1. The van der Waals surface area contributed by atoms with Crippen LogP contribution in [0.5, 0.6) is 5.75 Å². The van der Waals surface area contributed by atoms with Crippen LogP contribution in [0.3, 0.4) is 0 Å². The van der Waals surface area contributed by atoms with E-state index in [0.29, 0.717) is 6.54 Å². The number of hydrogen-bond donors (Lipinski definition) is 1. The summed E-state index contributed by atoms with van der Waals surface area (Å²) in [6, 6.07) is 22.6. The van der Waals surface area contributed by atoms with Crippen LogP contribution in [0.2, 0.25) is 0 Å². The maximum absolute atomic E-state index is 10.8.